The van der Waals surface area contributed by atoms with Gasteiger partial charge >= 0.3 is 0 Å². The van der Waals surface area contributed by atoms with Gasteiger partial charge in [-0.05, 0) is 62.4 Å². The fourth-order valence-corrected chi connectivity index (χ4v) is 5.15. The monoisotopic (exact) mass is 443 g/mol. The SMILES string of the molecule is C[C@@H]1CCCN1c1cc(C2(C#N)CCN(C3COC3)CC2)cc(Nc2cc(C#N)ccn2)n1. The van der Waals surface area contributed by atoms with E-state index in [2.05, 4.69) is 45.2 Å². The molecule has 0 aliphatic carbocycles. The number of piperidine rings is 1. The number of rotatable bonds is 5. The highest BCUT2D eigenvalue weighted by Gasteiger charge is 2.40. The Morgan fingerprint density at radius 2 is 1.94 bits per heavy atom. The van der Waals surface area contributed by atoms with E-state index in [0.29, 0.717) is 29.3 Å². The van der Waals surface area contributed by atoms with Gasteiger partial charge in [-0.15, -0.1) is 0 Å². The fraction of sp³-hybridized carbons (Fsp3) is 0.520. The molecule has 2 aromatic heterocycles. The first-order valence-corrected chi connectivity index (χ1v) is 11.8. The first-order chi connectivity index (χ1) is 16.1. The van der Waals surface area contributed by atoms with Crippen LogP contribution in [0.25, 0.3) is 0 Å². The van der Waals surface area contributed by atoms with Crippen molar-refractivity contribution in [1.82, 2.24) is 14.9 Å². The molecular formula is C25H29N7O. The molecule has 1 N–H and O–H groups in total. The largest absolute Gasteiger partial charge is 0.378 e. The van der Waals surface area contributed by atoms with Crippen LogP contribution >= 0.6 is 0 Å². The Bertz CT molecular complexity index is 1090. The van der Waals surface area contributed by atoms with Crippen LogP contribution in [0.3, 0.4) is 0 Å². The summed E-state index contributed by atoms with van der Waals surface area (Å²) in [6.07, 6.45) is 5.48. The molecule has 3 saturated heterocycles. The lowest BCUT2D eigenvalue weighted by atomic mass is 9.74. The summed E-state index contributed by atoms with van der Waals surface area (Å²) in [7, 11) is 0. The summed E-state index contributed by atoms with van der Waals surface area (Å²) in [6, 6.07) is 13.3. The van der Waals surface area contributed by atoms with Crippen LogP contribution in [0, 0.1) is 22.7 Å². The quantitative estimate of drug-likeness (QED) is 0.751. The number of nitrogens with one attached hydrogen (secondary N) is 1. The van der Waals surface area contributed by atoms with Crippen LogP contribution in [-0.2, 0) is 10.2 Å². The maximum atomic E-state index is 10.4. The van der Waals surface area contributed by atoms with E-state index in [1.807, 2.05) is 6.07 Å². The molecule has 0 unspecified atom stereocenters. The lowest BCUT2D eigenvalue weighted by Gasteiger charge is -2.44. The van der Waals surface area contributed by atoms with Gasteiger partial charge < -0.3 is 15.0 Å². The van der Waals surface area contributed by atoms with Crippen molar-refractivity contribution in [2.24, 2.45) is 0 Å². The Morgan fingerprint density at radius 1 is 1.12 bits per heavy atom. The van der Waals surface area contributed by atoms with Crippen molar-refractivity contribution < 1.29 is 4.74 Å². The van der Waals surface area contributed by atoms with Crippen LogP contribution in [-0.4, -0.2) is 59.8 Å². The molecule has 0 spiro atoms. The average Bonchev–Trinajstić information content (AvgIpc) is 3.24. The number of nitriles is 2. The molecule has 8 heteroatoms. The summed E-state index contributed by atoms with van der Waals surface area (Å²) in [6.45, 7) is 6.59. The third-order valence-electron chi connectivity index (χ3n) is 7.36. The molecule has 3 aliphatic rings. The molecule has 0 saturated carbocycles. The van der Waals surface area contributed by atoms with Crippen molar-refractivity contribution in [3.63, 3.8) is 0 Å². The first kappa shape index (κ1) is 21.6. The van der Waals surface area contributed by atoms with E-state index in [0.717, 1.165) is 69.9 Å². The number of aromatic nitrogens is 2. The molecule has 0 bridgehead atoms. The molecule has 5 rings (SSSR count). The highest BCUT2D eigenvalue weighted by Crippen LogP contribution is 2.39. The van der Waals surface area contributed by atoms with Crippen LogP contribution in [0.1, 0.15) is 43.7 Å². The van der Waals surface area contributed by atoms with Gasteiger partial charge in [0.1, 0.15) is 17.5 Å². The van der Waals surface area contributed by atoms with Crippen molar-refractivity contribution in [2.45, 2.75) is 50.1 Å². The molecule has 0 radical (unpaired) electrons. The number of nitrogens with zero attached hydrogens (tertiary/aromatic N) is 6. The fourth-order valence-electron chi connectivity index (χ4n) is 5.15. The molecule has 0 amide bonds. The summed E-state index contributed by atoms with van der Waals surface area (Å²) >= 11 is 0. The summed E-state index contributed by atoms with van der Waals surface area (Å²) < 4.78 is 5.37. The standard InChI is InChI=1S/C25H29N7O/c1-18-3-2-8-32(18)24-13-20(12-23(30-24)29-22-11-19(14-26)4-7-28-22)25(17-27)5-9-31(10-6-25)21-15-33-16-21/h4,7,11-13,18,21H,2-3,5-6,8-10,15-16H2,1H3,(H,28,29,30)/t18-/m1/s1. The number of likely N-dealkylation sites (tertiary alicyclic amines) is 1. The minimum absolute atomic E-state index is 0.416. The summed E-state index contributed by atoms with van der Waals surface area (Å²) in [5.74, 6) is 2.14. The van der Waals surface area contributed by atoms with E-state index < -0.39 is 5.41 Å². The molecule has 5 heterocycles. The van der Waals surface area contributed by atoms with Crippen molar-refractivity contribution in [2.75, 3.05) is 43.1 Å². The van der Waals surface area contributed by atoms with E-state index in [9.17, 15) is 10.5 Å². The maximum absolute atomic E-state index is 10.4. The Morgan fingerprint density at radius 3 is 2.58 bits per heavy atom. The Balaban J connectivity index is 1.48. The molecule has 170 valence electrons. The Hall–Kier alpha value is -3.20. The van der Waals surface area contributed by atoms with Crippen LogP contribution < -0.4 is 10.2 Å². The third kappa shape index (κ3) is 4.25. The Kier molecular flexibility index (Phi) is 5.88. The van der Waals surface area contributed by atoms with Gasteiger partial charge in [-0.25, -0.2) is 9.97 Å². The number of pyridine rings is 2. The van der Waals surface area contributed by atoms with Crippen LogP contribution in [0.15, 0.2) is 30.5 Å². The van der Waals surface area contributed by atoms with Crippen LogP contribution in [0.5, 0.6) is 0 Å². The number of ether oxygens (including phenoxy) is 1. The van der Waals surface area contributed by atoms with Gasteiger partial charge in [-0.2, -0.15) is 10.5 Å². The number of hydrogen-bond donors (Lipinski definition) is 1. The van der Waals surface area contributed by atoms with Gasteiger partial charge in [0, 0.05) is 31.9 Å². The lowest BCUT2D eigenvalue weighted by molar-refractivity contribution is -0.0736. The second kappa shape index (κ2) is 8.97. The molecule has 3 fully saturated rings. The molecule has 3 aliphatic heterocycles. The zero-order valence-electron chi connectivity index (χ0n) is 19.0. The van der Waals surface area contributed by atoms with Crippen molar-refractivity contribution in [3.05, 3.63) is 41.6 Å². The zero-order valence-corrected chi connectivity index (χ0v) is 19.0. The minimum Gasteiger partial charge on any atom is -0.378 e. The van der Waals surface area contributed by atoms with E-state index >= 15 is 0 Å². The van der Waals surface area contributed by atoms with Gasteiger partial charge in [0.05, 0.1) is 42.4 Å². The van der Waals surface area contributed by atoms with Gasteiger partial charge in [-0.1, -0.05) is 0 Å². The van der Waals surface area contributed by atoms with Gasteiger partial charge in [0.25, 0.3) is 0 Å². The average molecular weight is 444 g/mol. The van der Waals surface area contributed by atoms with Gasteiger partial charge in [0.15, 0.2) is 0 Å². The summed E-state index contributed by atoms with van der Waals surface area (Å²) in [4.78, 5) is 14.0. The normalized spacial score (nSPS) is 22.9. The molecule has 8 nitrogen and oxygen atoms in total. The highest BCUT2D eigenvalue weighted by molar-refractivity contribution is 5.60. The van der Waals surface area contributed by atoms with Crippen molar-refractivity contribution in [3.8, 4) is 12.1 Å². The summed E-state index contributed by atoms with van der Waals surface area (Å²) in [5.41, 5.74) is 1.01. The second-order valence-electron chi connectivity index (χ2n) is 9.37. The predicted molar refractivity (Wildman–Crippen MR) is 125 cm³/mol. The lowest BCUT2D eigenvalue weighted by Crippen LogP contribution is -2.54. The number of anilines is 3. The van der Waals surface area contributed by atoms with E-state index in [1.165, 1.54) is 0 Å². The smallest absolute Gasteiger partial charge is 0.134 e. The van der Waals surface area contributed by atoms with Crippen molar-refractivity contribution >= 4 is 17.5 Å². The molecule has 2 aromatic rings. The minimum atomic E-state index is -0.542. The summed E-state index contributed by atoms with van der Waals surface area (Å²) in [5, 5.41) is 22.9. The zero-order chi connectivity index (χ0) is 22.8. The van der Waals surface area contributed by atoms with E-state index in [4.69, 9.17) is 9.72 Å². The van der Waals surface area contributed by atoms with Crippen molar-refractivity contribution in [1.29, 1.82) is 10.5 Å². The molecule has 0 aromatic carbocycles. The van der Waals surface area contributed by atoms with Crippen LogP contribution in [0.2, 0.25) is 0 Å². The maximum Gasteiger partial charge on any atom is 0.134 e. The third-order valence-corrected chi connectivity index (χ3v) is 7.36. The number of hydrogen-bond acceptors (Lipinski definition) is 8. The van der Waals surface area contributed by atoms with Gasteiger partial charge in [-0.3, -0.25) is 4.90 Å². The molecule has 33 heavy (non-hydrogen) atoms. The first-order valence-electron chi connectivity index (χ1n) is 11.8. The van der Waals surface area contributed by atoms with E-state index in [-0.39, 0.29) is 0 Å². The van der Waals surface area contributed by atoms with E-state index in [1.54, 1.807) is 18.3 Å². The topological polar surface area (TPSA) is 101 Å². The molecule has 1 atom stereocenters. The Labute approximate surface area is 194 Å². The second-order valence-corrected chi connectivity index (χ2v) is 9.37. The highest BCUT2D eigenvalue weighted by atomic mass is 16.5. The van der Waals surface area contributed by atoms with Crippen LogP contribution in [0.4, 0.5) is 17.5 Å². The predicted octanol–water partition coefficient (Wildman–Crippen LogP) is 3.34. The van der Waals surface area contributed by atoms with Gasteiger partial charge in [0.2, 0.25) is 0 Å². The molecular weight excluding hydrogens is 414 g/mol.